The smallest absolute Gasteiger partial charge is 0.230 e. The van der Waals surface area contributed by atoms with E-state index in [1.807, 2.05) is 19.1 Å². The first kappa shape index (κ1) is 18.8. The first-order valence-electron chi connectivity index (χ1n) is 9.03. The number of nitrogens with one attached hydrogen (secondary N) is 1. The van der Waals surface area contributed by atoms with Crippen molar-refractivity contribution in [2.75, 3.05) is 11.9 Å². The van der Waals surface area contributed by atoms with Crippen LogP contribution in [0.25, 0.3) is 5.65 Å². The lowest BCUT2D eigenvalue weighted by molar-refractivity contribution is -0.114. The van der Waals surface area contributed by atoms with Crippen LogP contribution in [0, 0.1) is 12.9 Å². The SMILES string of the molecule is CC(=O)Nc1nc(F)c(CN2C[C@H](Oc3ccc4ncnn4c3C)C[C@@H]2C)s1. The average Bonchev–Trinajstić information content (AvgIpc) is 3.31. The van der Waals surface area contributed by atoms with Crippen molar-refractivity contribution in [1.29, 1.82) is 0 Å². The van der Waals surface area contributed by atoms with Crippen LogP contribution in [0.5, 0.6) is 5.75 Å². The number of likely N-dealkylation sites (tertiary alicyclic amines) is 1. The Morgan fingerprint density at radius 2 is 2.29 bits per heavy atom. The van der Waals surface area contributed by atoms with Gasteiger partial charge in [-0.3, -0.25) is 9.69 Å². The largest absolute Gasteiger partial charge is 0.487 e. The molecule has 0 saturated carbocycles. The van der Waals surface area contributed by atoms with Gasteiger partial charge in [-0.2, -0.15) is 14.5 Å². The molecule has 0 bridgehead atoms. The molecule has 4 rings (SSSR count). The van der Waals surface area contributed by atoms with Crippen molar-refractivity contribution in [1.82, 2.24) is 24.5 Å². The molecule has 0 unspecified atom stereocenters. The topological polar surface area (TPSA) is 84.7 Å². The van der Waals surface area contributed by atoms with Crippen LogP contribution >= 0.6 is 11.3 Å². The van der Waals surface area contributed by atoms with Gasteiger partial charge >= 0.3 is 0 Å². The molecule has 0 aromatic carbocycles. The molecule has 0 aliphatic carbocycles. The Morgan fingerprint density at radius 3 is 3.07 bits per heavy atom. The summed E-state index contributed by atoms with van der Waals surface area (Å²) in [5.41, 5.74) is 1.68. The van der Waals surface area contributed by atoms with Crippen LogP contribution in [0.4, 0.5) is 9.52 Å². The summed E-state index contributed by atoms with van der Waals surface area (Å²) in [6.45, 7) is 6.55. The lowest BCUT2D eigenvalue weighted by Gasteiger charge is -2.19. The van der Waals surface area contributed by atoms with Crippen molar-refractivity contribution in [3.05, 3.63) is 35.0 Å². The summed E-state index contributed by atoms with van der Waals surface area (Å²) in [4.78, 5) is 21.8. The third-order valence-corrected chi connectivity index (χ3v) is 5.80. The number of ether oxygens (including phenoxy) is 1. The zero-order valence-corrected chi connectivity index (χ0v) is 16.7. The Balaban J connectivity index is 1.43. The monoisotopic (exact) mass is 404 g/mol. The molecule has 1 fully saturated rings. The van der Waals surface area contributed by atoms with E-state index in [2.05, 4.69) is 32.2 Å². The van der Waals surface area contributed by atoms with E-state index in [0.29, 0.717) is 18.0 Å². The van der Waals surface area contributed by atoms with Crippen LogP contribution in [-0.2, 0) is 11.3 Å². The van der Waals surface area contributed by atoms with Gasteiger partial charge < -0.3 is 10.1 Å². The summed E-state index contributed by atoms with van der Waals surface area (Å²) in [6.07, 6.45) is 2.36. The average molecular weight is 404 g/mol. The minimum absolute atomic E-state index is 0.000434. The molecule has 1 amide bonds. The number of carbonyl (C=O) groups excluding carboxylic acids is 1. The lowest BCUT2D eigenvalue weighted by atomic mass is 10.2. The molecule has 2 atom stereocenters. The van der Waals surface area contributed by atoms with Crippen LogP contribution in [-0.4, -0.2) is 49.1 Å². The molecule has 8 nitrogen and oxygen atoms in total. The van der Waals surface area contributed by atoms with Gasteiger partial charge in [-0.25, -0.2) is 9.50 Å². The number of thiazole rings is 1. The summed E-state index contributed by atoms with van der Waals surface area (Å²) in [7, 11) is 0. The van der Waals surface area contributed by atoms with Gasteiger partial charge in [0, 0.05) is 32.5 Å². The van der Waals surface area contributed by atoms with E-state index >= 15 is 0 Å². The van der Waals surface area contributed by atoms with E-state index in [1.165, 1.54) is 24.6 Å². The predicted molar refractivity (Wildman–Crippen MR) is 103 cm³/mol. The van der Waals surface area contributed by atoms with Crippen molar-refractivity contribution in [3.63, 3.8) is 0 Å². The summed E-state index contributed by atoms with van der Waals surface area (Å²) >= 11 is 1.17. The van der Waals surface area contributed by atoms with Crippen LogP contribution in [0.1, 0.15) is 30.8 Å². The first-order valence-corrected chi connectivity index (χ1v) is 9.85. The molecular weight excluding hydrogens is 383 g/mol. The zero-order chi connectivity index (χ0) is 19.8. The fourth-order valence-corrected chi connectivity index (χ4v) is 4.39. The number of pyridine rings is 1. The summed E-state index contributed by atoms with van der Waals surface area (Å²) < 4.78 is 22.1. The number of hydrogen-bond donors (Lipinski definition) is 1. The van der Waals surface area contributed by atoms with Gasteiger partial charge in [-0.1, -0.05) is 11.3 Å². The number of aryl methyl sites for hydroxylation is 1. The molecule has 1 aliphatic rings. The Kier molecular flexibility index (Phi) is 4.98. The maximum atomic E-state index is 14.1. The molecule has 3 aromatic rings. The number of amides is 1. The molecule has 148 valence electrons. The number of fused-ring (bicyclic) bond motifs is 1. The van der Waals surface area contributed by atoms with Crippen LogP contribution in [0.15, 0.2) is 18.5 Å². The molecule has 0 radical (unpaired) electrons. The molecule has 1 aliphatic heterocycles. The van der Waals surface area contributed by atoms with Crippen molar-refractivity contribution in [2.24, 2.45) is 0 Å². The number of hydrogen-bond acceptors (Lipinski definition) is 7. The summed E-state index contributed by atoms with van der Waals surface area (Å²) in [5, 5.41) is 7.03. The Hall–Kier alpha value is -2.59. The van der Waals surface area contributed by atoms with E-state index in [9.17, 15) is 9.18 Å². The predicted octanol–water partition coefficient (Wildman–Crippen LogP) is 2.63. The van der Waals surface area contributed by atoms with Crippen LogP contribution in [0.2, 0.25) is 0 Å². The van der Waals surface area contributed by atoms with Crippen molar-refractivity contribution in [3.8, 4) is 5.75 Å². The van der Waals surface area contributed by atoms with E-state index in [4.69, 9.17) is 4.74 Å². The molecule has 4 heterocycles. The van der Waals surface area contributed by atoms with Crippen molar-refractivity contribution < 1.29 is 13.9 Å². The molecule has 1 N–H and O–H groups in total. The van der Waals surface area contributed by atoms with E-state index < -0.39 is 5.95 Å². The van der Waals surface area contributed by atoms with E-state index in [1.54, 1.807) is 4.52 Å². The molecule has 3 aromatic heterocycles. The van der Waals surface area contributed by atoms with Crippen LogP contribution in [0.3, 0.4) is 0 Å². The Morgan fingerprint density at radius 1 is 1.46 bits per heavy atom. The second-order valence-electron chi connectivity index (χ2n) is 6.98. The maximum absolute atomic E-state index is 14.1. The second-order valence-corrected chi connectivity index (χ2v) is 8.06. The molecule has 1 saturated heterocycles. The fraction of sp³-hybridized carbons (Fsp3) is 0.444. The molecule has 28 heavy (non-hydrogen) atoms. The third-order valence-electron chi connectivity index (χ3n) is 4.87. The number of nitrogens with zero attached hydrogens (tertiary/aromatic N) is 5. The Bertz CT molecular complexity index is 1020. The zero-order valence-electron chi connectivity index (χ0n) is 15.8. The highest BCUT2D eigenvalue weighted by molar-refractivity contribution is 7.15. The summed E-state index contributed by atoms with van der Waals surface area (Å²) in [5.74, 6) is -0.0187. The molecule has 10 heteroatoms. The van der Waals surface area contributed by atoms with Gasteiger partial charge in [-0.05, 0) is 26.0 Å². The lowest BCUT2D eigenvalue weighted by Crippen LogP contribution is -2.28. The number of halogens is 1. The third kappa shape index (κ3) is 3.69. The van der Waals surface area contributed by atoms with Crippen molar-refractivity contribution >= 4 is 28.0 Å². The number of carbonyl (C=O) groups is 1. The number of rotatable bonds is 5. The highest BCUT2D eigenvalue weighted by atomic mass is 32.1. The second kappa shape index (κ2) is 7.44. The fourth-order valence-electron chi connectivity index (χ4n) is 3.47. The highest BCUT2D eigenvalue weighted by Gasteiger charge is 2.32. The highest BCUT2D eigenvalue weighted by Crippen LogP contribution is 2.29. The molecule has 0 spiro atoms. The van der Waals surface area contributed by atoms with Gasteiger partial charge in [0.2, 0.25) is 11.9 Å². The summed E-state index contributed by atoms with van der Waals surface area (Å²) in [6, 6.07) is 4.03. The van der Waals surface area contributed by atoms with Crippen LogP contribution < -0.4 is 10.1 Å². The number of aromatic nitrogens is 4. The number of anilines is 1. The van der Waals surface area contributed by atoms with Gasteiger partial charge in [0.05, 0.1) is 10.6 Å². The van der Waals surface area contributed by atoms with Gasteiger partial charge in [0.15, 0.2) is 10.8 Å². The Labute approximate surface area is 165 Å². The molecular formula is C18H21FN6O2S. The van der Waals surface area contributed by atoms with Crippen molar-refractivity contribution in [2.45, 2.75) is 45.9 Å². The van der Waals surface area contributed by atoms with Gasteiger partial charge in [-0.15, -0.1) is 0 Å². The maximum Gasteiger partial charge on any atom is 0.230 e. The van der Waals surface area contributed by atoms with E-state index in [-0.39, 0.29) is 23.2 Å². The standard InChI is InChI=1S/C18H21FN6O2S/c1-10-6-13(27-14-4-5-16-20-9-21-25(16)11(14)2)7-24(10)8-15-17(19)23-18(28-15)22-12(3)26/h4-5,9-10,13H,6-8H2,1-3H3,(H,22,23,26)/t10-,13+/m0/s1. The first-order chi connectivity index (χ1) is 13.4. The van der Waals surface area contributed by atoms with E-state index in [0.717, 1.165) is 23.5 Å². The normalized spacial score (nSPS) is 20.0. The minimum Gasteiger partial charge on any atom is -0.487 e. The van der Waals surface area contributed by atoms with Gasteiger partial charge in [0.1, 0.15) is 18.2 Å². The quantitative estimate of drug-likeness (QED) is 0.704. The van der Waals surface area contributed by atoms with Gasteiger partial charge in [0.25, 0.3) is 0 Å². The minimum atomic E-state index is -0.530.